The molecule has 3 rings (SSSR count). The van der Waals surface area contributed by atoms with Crippen molar-refractivity contribution in [2.24, 2.45) is 0 Å². The van der Waals surface area contributed by atoms with Gasteiger partial charge in [0.05, 0.1) is 12.0 Å². The summed E-state index contributed by atoms with van der Waals surface area (Å²) in [4.78, 5) is 28.0. The van der Waals surface area contributed by atoms with Crippen LogP contribution in [0.5, 0.6) is 5.75 Å². The number of carbonyl (C=O) groups excluding carboxylic acids is 2. The fourth-order valence-corrected chi connectivity index (χ4v) is 4.99. The summed E-state index contributed by atoms with van der Waals surface area (Å²) in [6, 6.07) is 18.7. The number of sulfonamides is 1. The second kappa shape index (κ2) is 13.9. The van der Waals surface area contributed by atoms with Gasteiger partial charge in [0.15, 0.2) is 0 Å². The lowest BCUT2D eigenvalue weighted by Gasteiger charge is -2.29. The van der Waals surface area contributed by atoms with E-state index in [-0.39, 0.29) is 48.6 Å². The first kappa shape index (κ1) is 29.8. The lowest BCUT2D eigenvalue weighted by atomic mass is 10.1. The smallest absolute Gasteiger partial charge is 0.242 e. The Kier molecular flexibility index (Phi) is 10.6. The highest BCUT2D eigenvalue weighted by Gasteiger charge is 2.26. The molecule has 1 atom stereocenters. The zero-order chi connectivity index (χ0) is 28.4. The van der Waals surface area contributed by atoms with Crippen LogP contribution in [0.4, 0.5) is 4.39 Å². The van der Waals surface area contributed by atoms with Crippen LogP contribution in [-0.2, 0) is 39.1 Å². The minimum absolute atomic E-state index is 0.108. The summed E-state index contributed by atoms with van der Waals surface area (Å²) in [5, 5.41) is 2.87. The molecule has 0 heterocycles. The van der Waals surface area contributed by atoms with Gasteiger partial charge in [0.25, 0.3) is 0 Å². The third-order valence-electron chi connectivity index (χ3n) is 6.25. The van der Waals surface area contributed by atoms with Gasteiger partial charge in [-0.25, -0.2) is 17.5 Å². The summed E-state index contributed by atoms with van der Waals surface area (Å²) in [5.74, 6) is -0.250. The third kappa shape index (κ3) is 8.62. The summed E-state index contributed by atoms with van der Waals surface area (Å²) < 4.78 is 45.4. The van der Waals surface area contributed by atoms with Crippen LogP contribution >= 0.6 is 0 Å². The maximum atomic E-state index is 13.4. The number of hydrogen-bond donors (Lipinski definition) is 2. The number of nitrogens with one attached hydrogen (secondary N) is 2. The van der Waals surface area contributed by atoms with Gasteiger partial charge in [-0.05, 0) is 66.4 Å². The Hall–Kier alpha value is -3.76. The first-order valence-corrected chi connectivity index (χ1v) is 14.1. The maximum Gasteiger partial charge on any atom is 0.242 e. The van der Waals surface area contributed by atoms with E-state index >= 15 is 0 Å². The number of aryl methyl sites for hydroxylation is 1. The van der Waals surface area contributed by atoms with E-state index in [1.54, 1.807) is 57.4 Å². The minimum atomic E-state index is -3.56. The van der Waals surface area contributed by atoms with Crippen LogP contribution in [0, 0.1) is 5.82 Å². The second-order valence-electron chi connectivity index (χ2n) is 9.04. The van der Waals surface area contributed by atoms with E-state index in [1.807, 2.05) is 12.1 Å². The van der Waals surface area contributed by atoms with Crippen molar-refractivity contribution in [2.45, 2.75) is 50.7 Å². The molecule has 3 aromatic rings. The van der Waals surface area contributed by atoms with Crippen molar-refractivity contribution < 1.29 is 27.1 Å². The van der Waals surface area contributed by atoms with Gasteiger partial charge in [0.1, 0.15) is 17.6 Å². The van der Waals surface area contributed by atoms with Crippen LogP contribution in [0.3, 0.4) is 0 Å². The van der Waals surface area contributed by atoms with E-state index in [9.17, 15) is 22.4 Å². The molecule has 10 heteroatoms. The lowest BCUT2D eigenvalue weighted by Crippen LogP contribution is -2.47. The Morgan fingerprint density at radius 2 is 1.51 bits per heavy atom. The lowest BCUT2D eigenvalue weighted by molar-refractivity contribution is -0.140. The Balaban J connectivity index is 1.69. The molecule has 0 spiro atoms. The molecule has 0 aliphatic carbocycles. The monoisotopic (exact) mass is 555 g/mol. The number of benzene rings is 3. The zero-order valence-electron chi connectivity index (χ0n) is 22.3. The molecule has 0 saturated carbocycles. The van der Waals surface area contributed by atoms with Gasteiger partial charge < -0.3 is 15.0 Å². The second-order valence-corrected chi connectivity index (χ2v) is 10.8. The molecule has 0 bridgehead atoms. The predicted molar refractivity (Wildman–Crippen MR) is 147 cm³/mol. The van der Waals surface area contributed by atoms with Crippen molar-refractivity contribution in [1.29, 1.82) is 0 Å². The maximum absolute atomic E-state index is 13.4. The van der Waals surface area contributed by atoms with Gasteiger partial charge in [-0.3, -0.25) is 9.59 Å². The molecule has 2 N–H and O–H groups in total. The summed E-state index contributed by atoms with van der Waals surface area (Å²) >= 11 is 0. The standard InChI is InChI=1S/C29H34FN3O5S/c1-4-32-39(36,37)27-16-9-22(10-17-27)11-18-28(34)33(20-24-5-12-25(30)13-6-24)21(2)29(35)31-19-23-7-14-26(38-3)15-8-23/h5-10,12-17,21,32H,4,11,18-20H2,1-3H3,(H,31,35)/t21-/m0/s1. The molecule has 8 nitrogen and oxygen atoms in total. The van der Waals surface area contributed by atoms with E-state index in [0.29, 0.717) is 17.7 Å². The molecule has 0 saturated heterocycles. The molecular formula is C29H34FN3O5S. The molecule has 3 aromatic carbocycles. The number of halogens is 1. The van der Waals surface area contributed by atoms with Gasteiger partial charge in [-0.1, -0.05) is 43.3 Å². The van der Waals surface area contributed by atoms with Crippen LogP contribution in [0.1, 0.15) is 37.0 Å². The number of hydrogen-bond acceptors (Lipinski definition) is 5. The quantitative estimate of drug-likeness (QED) is 0.334. The largest absolute Gasteiger partial charge is 0.497 e. The summed E-state index contributed by atoms with van der Waals surface area (Å²) in [7, 11) is -1.98. The molecule has 0 aliphatic rings. The van der Waals surface area contributed by atoms with Crippen molar-refractivity contribution >= 4 is 21.8 Å². The molecule has 39 heavy (non-hydrogen) atoms. The van der Waals surface area contributed by atoms with Crippen molar-refractivity contribution in [2.75, 3.05) is 13.7 Å². The van der Waals surface area contributed by atoms with Crippen LogP contribution in [0.2, 0.25) is 0 Å². The Morgan fingerprint density at radius 3 is 2.10 bits per heavy atom. The van der Waals surface area contributed by atoms with Crippen LogP contribution in [-0.4, -0.2) is 44.8 Å². The summed E-state index contributed by atoms with van der Waals surface area (Å²) in [6.07, 6.45) is 0.469. The topological polar surface area (TPSA) is 105 Å². The number of nitrogens with zero attached hydrogens (tertiary/aromatic N) is 1. The Labute approximate surface area is 229 Å². The Bertz CT molecular complexity index is 1350. The highest BCUT2D eigenvalue weighted by molar-refractivity contribution is 7.89. The van der Waals surface area contributed by atoms with Crippen molar-refractivity contribution in [3.05, 3.63) is 95.3 Å². The van der Waals surface area contributed by atoms with Crippen molar-refractivity contribution in [3.8, 4) is 5.75 Å². The normalized spacial score (nSPS) is 12.0. The fraction of sp³-hybridized carbons (Fsp3) is 0.310. The van der Waals surface area contributed by atoms with Gasteiger partial charge >= 0.3 is 0 Å². The van der Waals surface area contributed by atoms with Crippen molar-refractivity contribution in [1.82, 2.24) is 14.9 Å². The molecule has 2 amide bonds. The molecule has 0 radical (unpaired) electrons. The van der Waals surface area contributed by atoms with Gasteiger partial charge in [-0.2, -0.15) is 0 Å². The van der Waals surface area contributed by atoms with Crippen LogP contribution < -0.4 is 14.8 Å². The molecule has 0 fully saturated rings. The first-order chi connectivity index (χ1) is 18.6. The number of amides is 2. The van der Waals surface area contributed by atoms with E-state index in [0.717, 1.165) is 11.1 Å². The minimum Gasteiger partial charge on any atom is -0.497 e. The summed E-state index contributed by atoms with van der Waals surface area (Å²) in [6.45, 7) is 4.07. The molecule has 0 unspecified atom stereocenters. The SMILES string of the molecule is CCNS(=O)(=O)c1ccc(CCC(=O)N(Cc2ccc(F)cc2)[C@@H](C)C(=O)NCc2ccc(OC)cc2)cc1. The predicted octanol–water partition coefficient (Wildman–Crippen LogP) is 3.80. The van der Waals surface area contributed by atoms with E-state index in [1.165, 1.54) is 29.2 Å². The number of carbonyl (C=O) groups is 2. The number of rotatable bonds is 13. The van der Waals surface area contributed by atoms with Crippen LogP contribution in [0.15, 0.2) is 77.7 Å². The molecule has 0 aliphatic heterocycles. The van der Waals surface area contributed by atoms with Gasteiger partial charge in [-0.15, -0.1) is 0 Å². The Morgan fingerprint density at radius 1 is 0.923 bits per heavy atom. The van der Waals surface area contributed by atoms with E-state index < -0.39 is 16.1 Å². The summed E-state index contributed by atoms with van der Waals surface area (Å²) in [5.41, 5.74) is 2.36. The number of methoxy groups -OCH3 is 1. The van der Waals surface area contributed by atoms with E-state index in [2.05, 4.69) is 10.0 Å². The number of ether oxygens (including phenoxy) is 1. The van der Waals surface area contributed by atoms with E-state index in [4.69, 9.17) is 4.74 Å². The highest BCUT2D eigenvalue weighted by atomic mass is 32.2. The zero-order valence-corrected chi connectivity index (χ0v) is 23.1. The first-order valence-electron chi connectivity index (χ1n) is 12.7. The highest BCUT2D eigenvalue weighted by Crippen LogP contribution is 2.16. The van der Waals surface area contributed by atoms with Gasteiger partial charge in [0, 0.05) is 26.1 Å². The third-order valence-corrected chi connectivity index (χ3v) is 7.82. The molecule has 0 aromatic heterocycles. The average Bonchev–Trinajstić information content (AvgIpc) is 2.94. The van der Waals surface area contributed by atoms with Crippen molar-refractivity contribution in [3.63, 3.8) is 0 Å². The van der Waals surface area contributed by atoms with Crippen LogP contribution in [0.25, 0.3) is 0 Å². The average molecular weight is 556 g/mol. The van der Waals surface area contributed by atoms with Gasteiger partial charge in [0.2, 0.25) is 21.8 Å². The molecule has 208 valence electrons. The molecular weight excluding hydrogens is 521 g/mol. The fourth-order valence-electron chi connectivity index (χ4n) is 3.95.